The van der Waals surface area contributed by atoms with Gasteiger partial charge in [-0.2, -0.15) is 0 Å². The Morgan fingerprint density at radius 1 is 1.18 bits per heavy atom. The number of rotatable bonds is 7. The van der Waals surface area contributed by atoms with Crippen LogP contribution in [0.4, 0.5) is 5.69 Å². The highest BCUT2D eigenvalue weighted by Crippen LogP contribution is 2.34. The molecule has 2 aromatic carbocycles. The number of carbonyl (C=O) groups excluding carboxylic acids is 1. The molecule has 0 radical (unpaired) electrons. The van der Waals surface area contributed by atoms with Crippen LogP contribution in [0.25, 0.3) is 33.2 Å². The van der Waals surface area contributed by atoms with Crippen LogP contribution in [0, 0.1) is 6.92 Å². The molecule has 1 aliphatic rings. The van der Waals surface area contributed by atoms with Crippen LogP contribution in [0.5, 0.6) is 5.75 Å². The zero-order valence-electron chi connectivity index (χ0n) is 20.9. The molecule has 6 rings (SSSR count). The van der Waals surface area contributed by atoms with Crippen molar-refractivity contribution in [3.63, 3.8) is 0 Å². The van der Waals surface area contributed by atoms with Gasteiger partial charge in [0.25, 0.3) is 5.91 Å². The molecule has 10 heteroatoms. The molecule has 38 heavy (non-hydrogen) atoms. The smallest absolute Gasteiger partial charge is 0.250 e. The molecule has 5 aromatic rings. The fourth-order valence-electron chi connectivity index (χ4n) is 4.87. The van der Waals surface area contributed by atoms with Gasteiger partial charge in [-0.25, -0.2) is 9.97 Å². The average Bonchev–Trinajstić information content (AvgIpc) is 3.51. The molecule has 1 amide bonds. The number of primary amides is 1. The number of H-pyrrole nitrogens is 1. The van der Waals surface area contributed by atoms with Crippen LogP contribution in [0.1, 0.15) is 16.2 Å². The van der Waals surface area contributed by atoms with Crippen molar-refractivity contribution >= 4 is 45.1 Å². The Balaban J connectivity index is 1.32. The lowest BCUT2D eigenvalue weighted by Gasteiger charge is -2.28. The van der Waals surface area contributed by atoms with Crippen molar-refractivity contribution in [2.24, 2.45) is 5.73 Å². The first-order valence-corrected chi connectivity index (χ1v) is 12.8. The molecular weight excluding hydrogens is 504 g/mol. The van der Waals surface area contributed by atoms with Gasteiger partial charge in [0.05, 0.1) is 52.6 Å². The summed E-state index contributed by atoms with van der Waals surface area (Å²) in [4.78, 5) is 27.2. The number of ether oxygens (including phenoxy) is 2. The Morgan fingerprint density at radius 2 is 2.03 bits per heavy atom. The van der Waals surface area contributed by atoms with E-state index in [4.69, 9.17) is 31.8 Å². The number of aryl methyl sites for hydroxylation is 1. The molecule has 1 aliphatic heterocycles. The van der Waals surface area contributed by atoms with E-state index in [9.17, 15) is 4.79 Å². The van der Waals surface area contributed by atoms with Gasteiger partial charge in [-0.15, -0.1) is 0 Å². The van der Waals surface area contributed by atoms with E-state index in [0.717, 1.165) is 41.1 Å². The summed E-state index contributed by atoms with van der Waals surface area (Å²) in [6.45, 7) is 6.15. The normalized spacial score (nSPS) is 13.9. The van der Waals surface area contributed by atoms with Crippen molar-refractivity contribution in [1.82, 2.24) is 19.5 Å². The largest absolute Gasteiger partial charge is 0.490 e. The Kier molecular flexibility index (Phi) is 6.39. The van der Waals surface area contributed by atoms with E-state index < -0.39 is 5.91 Å². The van der Waals surface area contributed by atoms with E-state index >= 15 is 0 Å². The van der Waals surface area contributed by atoms with Crippen LogP contribution < -0.4 is 15.4 Å². The number of nitrogens with zero attached hydrogens (tertiary/aromatic N) is 4. The first-order valence-electron chi connectivity index (χ1n) is 12.5. The SMILES string of the molecule is Cc1nccn1CCOc1ccc(-c2cc(C(N)=O)c3[nH]c4cc(N5CCOCC5)ccc4c3n2)cc1Cl. The predicted molar refractivity (Wildman–Crippen MR) is 148 cm³/mol. The third-order valence-electron chi connectivity index (χ3n) is 6.92. The summed E-state index contributed by atoms with van der Waals surface area (Å²) < 4.78 is 13.4. The number of aromatic amines is 1. The average molecular weight is 531 g/mol. The topological polar surface area (TPSA) is 111 Å². The van der Waals surface area contributed by atoms with Gasteiger partial charge in [-0.05, 0) is 49.4 Å². The van der Waals surface area contributed by atoms with E-state index in [1.54, 1.807) is 18.3 Å². The molecule has 0 unspecified atom stereocenters. The first-order chi connectivity index (χ1) is 18.5. The highest BCUT2D eigenvalue weighted by molar-refractivity contribution is 6.32. The van der Waals surface area contributed by atoms with Crippen molar-refractivity contribution < 1.29 is 14.3 Å². The summed E-state index contributed by atoms with van der Waals surface area (Å²) in [5, 5.41) is 1.38. The summed E-state index contributed by atoms with van der Waals surface area (Å²) >= 11 is 6.57. The number of fused-ring (bicyclic) bond motifs is 3. The third kappa shape index (κ3) is 4.55. The fourth-order valence-corrected chi connectivity index (χ4v) is 5.11. The lowest BCUT2D eigenvalue weighted by Crippen LogP contribution is -2.36. The van der Waals surface area contributed by atoms with E-state index in [-0.39, 0.29) is 0 Å². The maximum Gasteiger partial charge on any atom is 0.250 e. The van der Waals surface area contributed by atoms with E-state index in [0.29, 0.717) is 59.4 Å². The molecule has 0 aliphatic carbocycles. The molecule has 194 valence electrons. The van der Waals surface area contributed by atoms with Crippen LogP contribution in [0.2, 0.25) is 5.02 Å². The minimum atomic E-state index is -0.528. The molecule has 1 fully saturated rings. The monoisotopic (exact) mass is 530 g/mol. The zero-order chi connectivity index (χ0) is 26.2. The molecule has 0 saturated carbocycles. The van der Waals surface area contributed by atoms with Crippen LogP contribution in [-0.2, 0) is 11.3 Å². The number of nitrogens with two attached hydrogens (primary N) is 1. The first kappa shape index (κ1) is 24.3. The third-order valence-corrected chi connectivity index (χ3v) is 7.22. The zero-order valence-corrected chi connectivity index (χ0v) is 21.7. The van der Waals surface area contributed by atoms with E-state index in [1.165, 1.54) is 0 Å². The number of morpholine rings is 1. The second-order valence-corrected chi connectivity index (χ2v) is 9.67. The molecular formula is C28H27ClN6O3. The quantitative estimate of drug-likeness (QED) is 0.319. The number of hydrogen-bond acceptors (Lipinski definition) is 6. The van der Waals surface area contributed by atoms with Gasteiger partial charge >= 0.3 is 0 Å². The van der Waals surface area contributed by atoms with Crippen molar-refractivity contribution in [1.29, 1.82) is 0 Å². The van der Waals surface area contributed by atoms with Crippen LogP contribution >= 0.6 is 11.6 Å². The standard InChI is InChI=1S/C28H27ClN6O3/c1-17-31-6-7-34(17)10-13-38-25-5-2-18(14-22(25)29)23-16-21(28(30)36)27-26(32-23)20-4-3-19(15-24(20)33-27)35-8-11-37-12-9-35/h2-7,14-16,33H,8-13H2,1H3,(H2,30,36). The van der Waals surface area contributed by atoms with Gasteiger partial charge in [0.15, 0.2) is 0 Å². The molecule has 3 aromatic heterocycles. The number of aromatic nitrogens is 4. The van der Waals surface area contributed by atoms with Crippen LogP contribution in [-0.4, -0.2) is 58.3 Å². The summed E-state index contributed by atoms with van der Waals surface area (Å²) in [7, 11) is 0. The van der Waals surface area contributed by atoms with Crippen LogP contribution in [0.15, 0.2) is 54.9 Å². The summed E-state index contributed by atoms with van der Waals surface area (Å²) in [5.74, 6) is 0.975. The maximum absolute atomic E-state index is 12.5. The Morgan fingerprint density at radius 3 is 2.76 bits per heavy atom. The second-order valence-electron chi connectivity index (χ2n) is 9.26. The number of nitrogens with one attached hydrogen (secondary N) is 1. The lowest BCUT2D eigenvalue weighted by molar-refractivity contribution is 0.100. The highest BCUT2D eigenvalue weighted by Gasteiger charge is 2.18. The molecule has 0 spiro atoms. The molecule has 9 nitrogen and oxygen atoms in total. The summed E-state index contributed by atoms with van der Waals surface area (Å²) in [6, 6.07) is 13.4. The predicted octanol–water partition coefficient (Wildman–Crippen LogP) is 4.56. The van der Waals surface area contributed by atoms with Crippen molar-refractivity contribution in [2.45, 2.75) is 13.5 Å². The second kappa shape index (κ2) is 10.00. The number of carbonyl (C=O) groups is 1. The molecule has 4 heterocycles. The number of imidazole rings is 1. The fraction of sp³-hybridized carbons (Fsp3) is 0.250. The van der Waals surface area contributed by atoms with E-state index in [1.807, 2.05) is 35.9 Å². The molecule has 1 saturated heterocycles. The minimum Gasteiger partial charge on any atom is -0.490 e. The van der Waals surface area contributed by atoms with E-state index in [2.05, 4.69) is 27.0 Å². The number of amides is 1. The minimum absolute atomic E-state index is 0.376. The molecule has 3 N–H and O–H groups in total. The van der Waals surface area contributed by atoms with Gasteiger partial charge in [-0.1, -0.05) is 11.6 Å². The summed E-state index contributed by atoms with van der Waals surface area (Å²) in [5.41, 5.74) is 10.8. The van der Waals surface area contributed by atoms with Gasteiger partial charge in [0, 0.05) is 42.1 Å². The Hall–Kier alpha value is -4.08. The van der Waals surface area contributed by atoms with Gasteiger partial charge in [0.2, 0.25) is 0 Å². The van der Waals surface area contributed by atoms with Gasteiger partial charge < -0.3 is 29.7 Å². The Labute approximate surface area is 224 Å². The van der Waals surface area contributed by atoms with Crippen LogP contribution in [0.3, 0.4) is 0 Å². The number of anilines is 1. The number of halogens is 1. The molecule has 0 atom stereocenters. The number of benzene rings is 2. The molecule has 0 bridgehead atoms. The maximum atomic E-state index is 12.5. The van der Waals surface area contributed by atoms with Gasteiger partial charge in [-0.3, -0.25) is 4.79 Å². The number of hydrogen-bond donors (Lipinski definition) is 2. The van der Waals surface area contributed by atoms with Crippen molar-refractivity contribution in [3.05, 3.63) is 71.3 Å². The highest BCUT2D eigenvalue weighted by atomic mass is 35.5. The van der Waals surface area contributed by atoms with Gasteiger partial charge in [0.1, 0.15) is 18.2 Å². The summed E-state index contributed by atoms with van der Waals surface area (Å²) in [6.07, 6.45) is 3.67. The lowest BCUT2D eigenvalue weighted by atomic mass is 10.1. The Bertz CT molecular complexity index is 1650. The van der Waals surface area contributed by atoms with Crippen molar-refractivity contribution in [3.8, 4) is 17.0 Å². The number of pyridine rings is 1. The van der Waals surface area contributed by atoms with Crippen molar-refractivity contribution in [2.75, 3.05) is 37.8 Å².